The van der Waals surface area contributed by atoms with Crippen LogP contribution in [0, 0.1) is 0 Å². The number of furan rings is 1. The summed E-state index contributed by atoms with van der Waals surface area (Å²) >= 11 is 0. The molecule has 4 nitrogen and oxygen atoms in total. The molecule has 0 aliphatic carbocycles. The van der Waals surface area contributed by atoms with Crippen molar-refractivity contribution in [2.75, 3.05) is 38.1 Å². The smallest absolute Gasteiger partial charge is 0.154 e. The highest BCUT2D eigenvalue weighted by molar-refractivity contribution is 5.94. The van der Waals surface area contributed by atoms with E-state index in [9.17, 15) is 0 Å². The number of aryl methyl sites for hydroxylation is 1. The van der Waals surface area contributed by atoms with E-state index in [1.807, 2.05) is 12.3 Å². The lowest BCUT2D eigenvalue weighted by Gasteiger charge is -2.34. The molecule has 0 amide bonds. The molecule has 1 fully saturated rings. The van der Waals surface area contributed by atoms with Crippen LogP contribution in [0.25, 0.3) is 33.4 Å². The van der Waals surface area contributed by atoms with Crippen LogP contribution in [0.3, 0.4) is 0 Å². The van der Waals surface area contributed by atoms with Crippen molar-refractivity contribution in [2.45, 2.75) is 19.8 Å². The van der Waals surface area contributed by atoms with Crippen molar-refractivity contribution in [3.63, 3.8) is 0 Å². The molecule has 158 valence electrons. The molecule has 0 spiro atoms. The summed E-state index contributed by atoms with van der Waals surface area (Å²) in [5, 5.41) is 0. The van der Waals surface area contributed by atoms with Gasteiger partial charge in [0.25, 0.3) is 0 Å². The first-order chi connectivity index (χ1) is 15.2. The van der Waals surface area contributed by atoms with Gasteiger partial charge in [-0.05, 0) is 42.8 Å². The van der Waals surface area contributed by atoms with Crippen LogP contribution >= 0.6 is 0 Å². The maximum absolute atomic E-state index is 6.31. The van der Waals surface area contributed by atoms with Crippen molar-refractivity contribution < 1.29 is 4.42 Å². The number of hydrogen-bond donors (Lipinski definition) is 0. The maximum atomic E-state index is 6.31. The van der Waals surface area contributed by atoms with Gasteiger partial charge in [0, 0.05) is 55.6 Å². The molecule has 0 bridgehead atoms. The minimum absolute atomic E-state index is 0.864. The summed E-state index contributed by atoms with van der Waals surface area (Å²) in [4.78, 5) is 9.69. The highest BCUT2D eigenvalue weighted by Gasteiger charge is 2.18. The number of aromatic nitrogens is 1. The van der Waals surface area contributed by atoms with Gasteiger partial charge in [0.2, 0.25) is 0 Å². The van der Waals surface area contributed by atoms with Gasteiger partial charge < -0.3 is 14.2 Å². The number of fused-ring (bicyclic) bond motifs is 1. The van der Waals surface area contributed by atoms with E-state index < -0.39 is 0 Å². The molecule has 4 aromatic rings. The molecule has 5 rings (SSSR count). The molecule has 0 atom stereocenters. The van der Waals surface area contributed by atoms with Gasteiger partial charge >= 0.3 is 0 Å². The predicted molar refractivity (Wildman–Crippen MR) is 129 cm³/mol. The number of hydrogen-bond acceptors (Lipinski definition) is 4. The summed E-state index contributed by atoms with van der Waals surface area (Å²) in [7, 11) is 2.19. The fourth-order valence-electron chi connectivity index (χ4n) is 4.42. The zero-order valence-corrected chi connectivity index (χ0v) is 18.3. The molecule has 0 unspecified atom stereocenters. The number of piperazine rings is 1. The summed E-state index contributed by atoms with van der Waals surface area (Å²) in [6.07, 6.45) is 3.93. The van der Waals surface area contributed by atoms with Gasteiger partial charge in [-0.15, -0.1) is 0 Å². The molecular formula is C27H29N3O. The SMILES string of the molecule is CCCc1oc2cc(-c3ccc(N4CCN(C)CC4)cc3)cnc2c1-c1ccccc1. The molecule has 2 aromatic carbocycles. The maximum Gasteiger partial charge on any atom is 0.154 e. The van der Waals surface area contributed by atoms with Gasteiger partial charge in [-0.1, -0.05) is 49.4 Å². The molecule has 2 aromatic heterocycles. The van der Waals surface area contributed by atoms with Crippen LogP contribution in [-0.2, 0) is 6.42 Å². The molecule has 0 radical (unpaired) electrons. The van der Waals surface area contributed by atoms with E-state index in [2.05, 4.69) is 78.4 Å². The zero-order valence-electron chi connectivity index (χ0n) is 18.3. The van der Waals surface area contributed by atoms with Gasteiger partial charge in [-0.2, -0.15) is 0 Å². The molecule has 1 saturated heterocycles. The third-order valence-electron chi connectivity index (χ3n) is 6.21. The van der Waals surface area contributed by atoms with Crippen LogP contribution in [0.2, 0.25) is 0 Å². The second kappa shape index (κ2) is 8.56. The Bertz CT molecular complexity index is 1160. The van der Waals surface area contributed by atoms with Crippen molar-refractivity contribution in [2.24, 2.45) is 0 Å². The first-order valence-corrected chi connectivity index (χ1v) is 11.2. The predicted octanol–water partition coefficient (Wildman–Crippen LogP) is 5.87. The van der Waals surface area contributed by atoms with Crippen molar-refractivity contribution in [3.05, 3.63) is 72.6 Å². The van der Waals surface area contributed by atoms with Crippen LogP contribution in [0.4, 0.5) is 5.69 Å². The van der Waals surface area contributed by atoms with Crippen molar-refractivity contribution >= 4 is 16.8 Å². The summed E-state index contributed by atoms with van der Waals surface area (Å²) in [6.45, 7) is 6.58. The molecule has 0 saturated carbocycles. The second-order valence-corrected chi connectivity index (χ2v) is 8.42. The lowest BCUT2D eigenvalue weighted by molar-refractivity contribution is 0.313. The van der Waals surface area contributed by atoms with E-state index in [0.29, 0.717) is 0 Å². The van der Waals surface area contributed by atoms with Crippen LogP contribution in [0.15, 0.2) is 71.3 Å². The summed E-state index contributed by atoms with van der Waals surface area (Å²) in [5.74, 6) is 1.03. The van der Waals surface area contributed by atoms with Gasteiger partial charge in [0.05, 0.1) is 0 Å². The highest BCUT2D eigenvalue weighted by atomic mass is 16.3. The van der Waals surface area contributed by atoms with E-state index in [4.69, 9.17) is 9.40 Å². The van der Waals surface area contributed by atoms with Gasteiger partial charge in [0.1, 0.15) is 11.3 Å². The lowest BCUT2D eigenvalue weighted by Crippen LogP contribution is -2.44. The van der Waals surface area contributed by atoms with Crippen LogP contribution < -0.4 is 4.90 Å². The summed E-state index contributed by atoms with van der Waals surface area (Å²) in [5.41, 5.74) is 7.67. The van der Waals surface area contributed by atoms with Crippen molar-refractivity contribution in [1.29, 1.82) is 0 Å². The molecule has 31 heavy (non-hydrogen) atoms. The fraction of sp³-hybridized carbons (Fsp3) is 0.296. The Kier molecular flexibility index (Phi) is 5.47. The topological polar surface area (TPSA) is 32.5 Å². The van der Waals surface area contributed by atoms with E-state index in [1.54, 1.807) is 0 Å². The number of nitrogens with zero attached hydrogens (tertiary/aromatic N) is 3. The molecular weight excluding hydrogens is 382 g/mol. The second-order valence-electron chi connectivity index (χ2n) is 8.42. The quantitative estimate of drug-likeness (QED) is 0.411. The minimum atomic E-state index is 0.864. The Hall–Kier alpha value is -3.11. The Labute approximate surface area is 184 Å². The van der Waals surface area contributed by atoms with Crippen molar-refractivity contribution in [1.82, 2.24) is 9.88 Å². The Morgan fingerprint density at radius 3 is 2.32 bits per heavy atom. The number of rotatable bonds is 5. The summed E-state index contributed by atoms with van der Waals surface area (Å²) in [6, 6.07) is 21.4. The third kappa shape index (κ3) is 3.96. The lowest BCUT2D eigenvalue weighted by atomic mass is 10.0. The van der Waals surface area contributed by atoms with E-state index in [-0.39, 0.29) is 0 Å². The summed E-state index contributed by atoms with van der Waals surface area (Å²) < 4.78 is 6.31. The van der Waals surface area contributed by atoms with Crippen LogP contribution in [-0.4, -0.2) is 43.1 Å². The number of benzene rings is 2. The van der Waals surface area contributed by atoms with E-state index >= 15 is 0 Å². The standard InChI is InChI=1S/C27H29N3O/c1-3-7-24-26(21-8-5-4-6-9-21)27-25(31-24)18-22(19-28-27)20-10-12-23(13-11-20)30-16-14-29(2)15-17-30/h4-6,8-13,18-19H,3,7,14-17H2,1-2H3. The minimum Gasteiger partial charge on any atom is -0.459 e. The Morgan fingerprint density at radius 2 is 1.61 bits per heavy atom. The first-order valence-electron chi connectivity index (χ1n) is 11.2. The van der Waals surface area contributed by atoms with E-state index in [0.717, 1.165) is 67.0 Å². The monoisotopic (exact) mass is 411 g/mol. The molecule has 1 aliphatic heterocycles. The average Bonchev–Trinajstić information content (AvgIpc) is 3.18. The third-order valence-corrected chi connectivity index (χ3v) is 6.21. The van der Waals surface area contributed by atoms with Gasteiger partial charge in [0.15, 0.2) is 5.58 Å². The van der Waals surface area contributed by atoms with Crippen LogP contribution in [0.5, 0.6) is 0 Å². The van der Waals surface area contributed by atoms with E-state index in [1.165, 1.54) is 16.8 Å². The first kappa shape index (κ1) is 19.8. The van der Waals surface area contributed by atoms with Gasteiger partial charge in [-0.25, -0.2) is 0 Å². The van der Waals surface area contributed by atoms with Crippen molar-refractivity contribution in [3.8, 4) is 22.3 Å². The largest absolute Gasteiger partial charge is 0.459 e. The fourth-order valence-corrected chi connectivity index (χ4v) is 4.42. The molecule has 0 N–H and O–H groups in total. The number of anilines is 1. The number of likely N-dealkylation sites (N-methyl/N-ethyl adjacent to an activating group) is 1. The highest BCUT2D eigenvalue weighted by Crippen LogP contribution is 2.36. The zero-order chi connectivity index (χ0) is 21.2. The number of pyridine rings is 1. The molecule has 1 aliphatic rings. The normalized spacial score (nSPS) is 15.0. The average molecular weight is 412 g/mol. The van der Waals surface area contributed by atoms with Gasteiger partial charge in [-0.3, -0.25) is 4.98 Å². The van der Waals surface area contributed by atoms with Crippen LogP contribution in [0.1, 0.15) is 19.1 Å². The molecule has 4 heteroatoms. The Balaban J connectivity index is 1.47. The molecule has 3 heterocycles. The Morgan fingerprint density at radius 1 is 0.871 bits per heavy atom.